The fraction of sp³-hybridized carbons (Fsp3) is 0.150. The van der Waals surface area contributed by atoms with Crippen molar-refractivity contribution in [2.45, 2.75) is 20.8 Å². The second-order valence-corrected chi connectivity index (χ2v) is 6.00. The quantitative estimate of drug-likeness (QED) is 0.722. The monoisotopic (exact) mass is 369 g/mol. The average Bonchev–Trinajstić information content (AvgIpc) is 2.62. The Kier molecular flexibility index (Phi) is 5.12. The molecule has 7 heteroatoms. The molecule has 2 aromatic carbocycles. The molecule has 0 aliphatic carbocycles. The first kappa shape index (κ1) is 18.4. The van der Waals surface area contributed by atoms with Gasteiger partial charge in [0.05, 0.1) is 17.1 Å². The molecule has 0 aliphatic rings. The summed E-state index contributed by atoms with van der Waals surface area (Å²) in [6, 6.07) is 10.1. The first-order chi connectivity index (χ1) is 12.8. The predicted octanol–water partition coefficient (Wildman–Crippen LogP) is 4.72. The van der Waals surface area contributed by atoms with Gasteiger partial charge < -0.3 is 10.1 Å². The Morgan fingerprint density at radius 3 is 2.26 bits per heavy atom. The number of rotatable bonds is 4. The molecule has 0 saturated heterocycles. The number of aromatic nitrogens is 2. The largest absolute Gasteiger partial charge is 0.421 e. The van der Waals surface area contributed by atoms with Gasteiger partial charge >= 0.3 is 6.01 Å². The second kappa shape index (κ2) is 7.49. The fourth-order valence-corrected chi connectivity index (χ4v) is 2.46. The highest BCUT2D eigenvalue weighted by molar-refractivity contribution is 6.04. The van der Waals surface area contributed by atoms with Crippen molar-refractivity contribution >= 4 is 11.6 Å². The number of nitrogens with one attached hydrogen (secondary N) is 1. The minimum Gasteiger partial charge on any atom is -0.421 e. The van der Waals surface area contributed by atoms with Gasteiger partial charge in [0.1, 0.15) is 5.82 Å². The van der Waals surface area contributed by atoms with Crippen molar-refractivity contribution in [2.24, 2.45) is 0 Å². The van der Waals surface area contributed by atoms with Gasteiger partial charge in [-0.25, -0.2) is 8.78 Å². The van der Waals surface area contributed by atoms with Crippen LogP contribution >= 0.6 is 0 Å². The molecule has 1 aromatic heterocycles. The van der Waals surface area contributed by atoms with Crippen LogP contribution in [0.4, 0.5) is 14.5 Å². The fourth-order valence-electron chi connectivity index (χ4n) is 2.46. The van der Waals surface area contributed by atoms with Crippen LogP contribution in [0, 0.1) is 32.4 Å². The Balaban J connectivity index is 1.83. The normalized spacial score (nSPS) is 10.6. The van der Waals surface area contributed by atoms with Crippen LogP contribution in [0.5, 0.6) is 11.8 Å². The van der Waals surface area contributed by atoms with Gasteiger partial charge in [-0.05, 0) is 50.6 Å². The van der Waals surface area contributed by atoms with Crippen LogP contribution in [0.15, 0.2) is 42.5 Å². The highest BCUT2D eigenvalue weighted by atomic mass is 19.1. The zero-order valence-corrected chi connectivity index (χ0v) is 15.0. The minimum atomic E-state index is -0.532. The standard InChI is InChI=1S/C20H17F2N3O2/c1-11-8-9-14(10-16(11)22)19(26)25-18-12(2)23-20(24-13(18)3)27-17-7-5-4-6-15(17)21/h4-10H,1-3H3,(H,25,26). The number of carbonyl (C=O) groups excluding carboxylic acids is 1. The van der Waals surface area contributed by atoms with Gasteiger partial charge in [-0.15, -0.1) is 0 Å². The van der Waals surface area contributed by atoms with E-state index >= 15 is 0 Å². The Hall–Kier alpha value is -3.35. The number of amides is 1. The molecule has 0 bridgehead atoms. The van der Waals surface area contributed by atoms with Crippen LogP contribution in [0.3, 0.4) is 0 Å². The van der Waals surface area contributed by atoms with Crippen molar-refractivity contribution in [3.05, 3.63) is 76.6 Å². The van der Waals surface area contributed by atoms with Crippen molar-refractivity contribution in [2.75, 3.05) is 5.32 Å². The molecule has 1 N–H and O–H groups in total. The van der Waals surface area contributed by atoms with Gasteiger partial charge in [-0.1, -0.05) is 18.2 Å². The van der Waals surface area contributed by atoms with Crippen LogP contribution < -0.4 is 10.1 Å². The summed E-state index contributed by atoms with van der Waals surface area (Å²) in [5.74, 6) is -1.47. The second-order valence-electron chi connectivity index (χ2n) is 6.00. The van der Waals surface area contributed by atoms with E-state index in [4.69, 9.17) is 4.74 Å². The number of hydrogen-bond acceptors (Lipinski definition) is 4. The molecule has 0 fully saturated rings. The molecule has 0 saturated carbocycles. The average molecular weight is 369 g/mol. The van der Waals surface area contributed by atoms with Crippen molar-refractivity contribution in [1.82, 2.24) is 9.97 Å². The van der Waals surface area contributed by atoms with Crippen molar-refractivity contribution in [3.63, 3.8) is 0 Å². The highest BCUT2D eigenvalue weighted by Gasteiger charge is 2.15. The van der Waals surface area contributed by atoms with Gasteiger partial charge in [0.25, 0.3) is 5.91 Å². The number of halogens is 2. The molecule has 0 aliphatic heterocycles. The summed E-state index contributed by atoms with van der Waals surface area (Å²) in [7, 11) is 0. The number of aryl methyl sites for hydroxylation is 3. The minimum absolute atomic E-state index is 0.00298. The summed E-state index contributed by atoms with van der Waals surface area (Å²) in [6.45, 7) is 4.94. The third kappa shape index (κ3) is 4.08. The van der Waals surface area contributed by atoms with Crippen LogP contribution in [-0.4, -0.2) is 15.9 Å². The number of nitrogens with zero attached hydrogens (tertiary/aromatic N) is 2. The van der Waals surface area contributed by atoms with E-state index in [0.29, 0.717) is 22.6 Å². The molecule has 1 heterocycles. The van der Waals surface area contributed by atoms with Crippen LogP contribution in [0.1, 0.15) is 27.3 Å². The molecule has 3 aromatic rings. The summed E-state index contributed by atoms with van der Waals surface area (Å²) in [5.41, 5.74) is 1.91. The molecular weight excluding hydrogens is 352 g/mol. The maximum Gasteiger partial charge on any atom is 0.322 e. The lowest BCUT2D eigenvalue weighted by Gasteiger charge is -2.13. The van der Waals surface area contributed by atoms with Crippen molar-refractivity contribution in [3.8, 4) is 11.8 Å². The predicted molar refractivity (Wildman–Crippen MR) is 97.1 cm³/mol. The van der Waals surface area contributed by atoms with E-state index in [-0.39, 0.29) is 17.3 Å². The number of anilines is 1. The molecule has 0 spiro atoms. The van der Waals surface area contributed by atoms with Crippen LogP contribution in [0.25, 0.3) is 0 Å². The molecule has 3 rings (SSSR count). The zero-order valence-electron chi connectivity index (χ0n) is 15.0. The molecule has 27 heavy (non-hydrogen) atoms. The summed E-state index contributed by atoms with van der Waals surface area (Å²) in [4.78, 5) is 20.7. The summed E-state index contributed by atoms with van der Waals surface area (Å²) in [5, 5.41) is 2.68. The number of hydrogen-bond donors (Lipinski definition) is 1. The first-order valence-corrected chi connectivity index (χ1v) is 8.20. The molecular formula is C20H17F2N3O2. The molecule has 0 atom stereocenters. The van der Waals surface area contributed by atoms with E-state index in [1.54, 1.807) is 32.9 Å². The lowest BCUT2D eigenvalue weighted by atomic mass is 10.1. The molecule has 0 unspecified atom stereocenters. The molecule has 138 valence electrons. The maximum absolute atomic E-state index is 13.7. The first-order valence-electron chi connectivity index (χ1n) is 8.20. The zero-order chi connectivity index (χ0) is 19.6. The van der Waals surface area contributed by atoms with Crippen LogP contribution in [0.2, 0.25) is 0 Å². The maximum atomic E-state index is 13.7. The van der Waals surface area contributed by atoms with Gasteiger partial charge in [0.2, 0.25) is 0 Å². The SMILES string of the molecule is Cc1ccc(C(=O)Nc2c(C)nc(Oc3ccccc3F)nc2C)cc1F. The molecule has 5 nitrogen and oxygen atoms in total. The van der Waals surface area contributed by atoms with E-state index < -0.39 is 17.5 Å². The third-order valence-corrected chi connectivity index (χ3v) is 3.96. The van der Waals surface area contributed by atoms with Gasteiger partial charge in [0, 0.05) is 5.56 Å². The lowest BCUT2D eigenvalue weighted by molar-refractivity contribution is 0.102. The highest BCUT2D eigenvalue weighted by Crippen LogP contribution is 2.25. The van der Waals surface area contributed by atoms with E-state index in [9.17, 15) is 13.6 Å². The van der Waals surface area contributed by atoms with E-state index in [1.807, 2.05) is 0 Å². The third-order valence-electron chi connectivity index (χ3n) is 3.96. The van der Waals surface area contributed by atoms with E-state index in [0.717, 1.165) is 0 Å². The van der Waals surface area contributed by atoms with Gasteiger partial charge in [-0.3, -0.25) is 4.79 Å². The summed E-state index contributed by atoms with van der Waals surface area (Å²) >= 11 is 0. The van der Waals surface area contributed by atoms with Crippen LogP contribution in [-0.2, 0) is 0 Å². The van der Waals surface area contributed by atoms with E-state index in [2.05, 4.69) is 15.3 Å². The lowest BCUT2D eigenvalue weighted by Crippen LogP contribution is -2.15. The van der Waals surface area contributed by atoms with Gasteiger partial charge in [-0.2, -0.15) is 9.97 Å². The Morgan fingerprint density at radius 1 is 0.963 bits per heavy atom. The number of ether oxygens (including phenoxy) is 1. The number of carbonyl (C=O) groups is 1. The Labute approximate surface area is 155 Å². The topological polar surface area (TPSA) is 64.1 Å². The Bertz CT molecular complexity index is 999. The van der Waals surface area contributed by atoms with Crippen molar-refractivity contribution < 1.29 is 18.3 Å². The number of benzene rings is 2. The molecule has 1 amide bonds. The van der Waals surface area contributed by atoms with E-state index in [1.165, 1.54) is 30.3 Å². The summed E-state index contributed by atoms with van der Waals surface area (Å²) in [6.07, 6.45) is 0. The molecule has 0 radical (unpaired) electrons. The Morgan fingerprint density at radius 2 is 1.63 bits per heavy atom. The number of para-hydroxylation sites is 1. The smallest absolute Gasteiger partial charge is 0.322 e. The van der Waals surface area contributed by atoms with Gasteiger partial charge in [0.15, 0.2) is 11.6 Å². The summed E-state index contributed by atoms with van der Waals surface area (Å²) < 4.78 is 32.8. The van der Waals surface area contributed by atoms with Crippen molar-refractivity contribution in [1.29, 1.82) is 0 Å².